The SMILES string of the molecule is CC[C@H](Oc1ccc(Cl)cc1)C(=O)Nc1ccc(I)cc1C. The van der Waals surface area contributed by atoms with Crippen molar-refractivity contribution in [2.45, 2.75) is 26.4 Å². The quantitative estimate of drug-likeness (QED) is 0.676. The fraction of sp³-hybridized carbons (Fsp3) is 0.235. The number of carbonyl (C=O) groups excluding carboxylic acids is 1. The Morgan fingerprint density at radius 1 is 1.27 bits per heavy atom. The van der Waals surface area contributed by atoms with E-state index in [1.807, 2.05) is 32.0 Å². The van der Waals surface area contributed by atoms with Gasteiger partial charge in [-0.15, -0.1) is 0 Å². The molecule has 0 spiro atoms. The molecule has 0 aromatic heterocycles. The van der Waals surface area contributed by atoms with Gasteiger partial charge in [0.15, 0.2) is 6.10 Å². The number of nitrogens with one attached hydrogen (secondary N) is 1. The van der Waals surface area contributed by atoms with E-state index < -0.39 is 6.10 Å². The van der Waals surface area contributed by atoms with Crippen molar-refractivity contribution >= 4 is 45.8 Å². The number of benzene rings is 2. The fourth-order valence-corrected chi connectivity index (χ4v) is 2.75. The smallest absolute Gasteiger partial charge is 0.265 e. The van der Waals surface area contributed by atoms with Crippen molar-refractivity contribution < 1.29 is 9.53 Å². The van der Waals surface area contributed by atoms with Gasteiger partial charge in [0.1, 0.15) is 5.75 Å². The molecule has 2 aromatic rings. The highest BCUT2D eigenvalue weighted by molar-refractivity contribution is 14.1. The molecule has 1 atom stereocenters. The molecule has 0 unspecified atom stereocenters. The Bertz CT molecular complexity index is 658. The van der Waals surface area contributed by atoms with E-state index in [1.54, 1.807) is 24.3 Å². The standard InChI is InChI=1S/C17H17ClINO2/c1-3-16(22-14-7-4-12(18)5-8-14)17(21)20-15-9-6-13(19)10-11(15)2/h4-10,16H,3H2,1-2H3,(H,20,21)/t16-/m0/s1. The number of rotatable bonds is 5. The highest BCUT2D eigenvalue weighted by atomic mass is 127. The normalized spacial score (nSPS) is 11.8. The molecule has 0 aliphatic rings. The van der Waals surface area contributed by atoms with E-state index in [-0.39, 0.29) is 5.91 Å². The van der Waals surface area contributed by atoms with Gasteiger partial charge in [0.2, 0.25) is 0 Å². The summed E-state index contributed by atoms with van der Waals surface area (Å²) in [6.45, 7) is 3.89. The molecular weight excluding hydrogens is 413 g/mol. The van der Waals surface area contributed by atoms with Gasteiger partial charge in [-0.05, 0) is 84.0 Å². The maximum absolute atomic E-state index is 12.4. The van der Waals surface area contributed by atoms with Gasteiger partial charge in [-0.25, -0.2) is 0 Å². The molecule has 22 heavy (non-hydrogen) atoms. The Morgan fingerprint density at radius 3 is 2.55 bits per heavy atom. The molecule has 116 valence electrons. The molecule has 0 heterocycles. The summed E-state index contributed by atoms with van der Waals surface area (Å²) >= 11 is 8.09. The number of hydrogen-bond donors (Lipinski definition) is 1. The first-order valence-electron chi connectivity index (χ1n) is 6.99. The Morgan fingerprint density at radius 2 is 1.95 bits per heavy atom. The number of amides is 1. The first-order chi connectivity index (χ1) is 10.5. The van der Waals surface area contributed by atoms with E-state index in [1.165, 1.54) is 0 Å². The molecule has 0 fully saturated rings. The second-order valence-corrected chi connectivity index (χ2v) is 6.60. The third-order valence-electron chi connectivity index (χ3n) is 3.20. The number of aryl methyl sites for hydroxylation is 1. The topological polar surface area (TPSA) is 38.3 Å². The van der Waals surface area contributed by atoms with Gasteiger partial charge in [-0.3, -0.25) is 4.79 Å². The minimum Gasteiger partial charge on any atom is -0.481 e. The van der Waals surface area contributed by atoms with Gasteiger partial charge in [0.25, 0.3) is 5.91 Å². The van der Waals surface area contributed by atoms with Crippen LogP contribution in [0.25, 0.3) is 0 Å². The summed E-state index contributed by atoms with van der Waals surface area (Å²) in [7, 11) is 0. The Labute approximate surface area is 149 Å². The van der Waals surface area contributed by atoms with Crippen molar-refractivity contribution in [1.29, 1.82) is 0 Å². The van der Waals surface area contributed by atoms with Crippen LogP contribution >= 0.6 is 34.2 Å². The number of ether oxygens (including phenoxy) is 1. The second kappa shape index (κ2) is 7.83. The molecule has 0 bridgehead atoms. The lowest BCUT2D eigenvalue weighted by Crippen LogP contribution is -2.32. The van der Waals surface area contributed by atoms with Crippen molar-refractivity contribution in [3.05, 3.63) is 56.6 Å². The minimum absolute atomic E-state index is 0.151. The zero-order valence-electron chi connectivity index (χ0n) is 12.4. The minimum atomic E-state index is -0.542. The van der Waals surface area contributed by atoms with Crippen LogP contribution < -0.4 is 10.1 Å². The zero-order chi connectivity index (χ0) is 16.1. The summed E-state index contributed by atoms with van der Waals surface area (Å²) in [5.74, 6) is 0.479. The average molecular weight is 430 g/mol. The molecule has 2 rings (SSSR count). The van der Waals surface area contributed by atoms with Crippen LogP contribution in [0.3, 0.4) is 0 Å². The maximum atomic E-state index is 12.4. The van der Waals surface area contributed by atoms with Gasteiger partial charge in [-0.1, -0.05) is 18.5 Å². The van der Waals surface area contributed by atoms with E-state index in [0.29, 0.717) is 17.2 Å². The zero-order valence-corrected chi connectivity index (χ0v) is 15.3. The van der Waals surface area contributed by atoms with E-state index in [4.69, 9.17) is 16.3 Å². The molecule has 2 aromatic carbocycles. The molecule has 0 aliphatic carbocycles. The lowest BCUT2D eigenvalue weighted by molar-refractivity contribution is -0.122. The summed E-state index contributed by atoms with van der Waals surface area (Å²) in [5, 5.41) is 3.57. The molecule has 0 radical (unpaired) electrons. The first-order valence-corrected chi connectivity index (χ1v) is 8.44. The van der Waals surface area contributed by atoms with Crippen LogP contribution in [0.15, 0.2) is 42.5 Å². The third kappa shape index (κ3) is 4.61. The Kier molecular flexibility index (Phi) is 6.08. The van der Waals surface area contributed by atoms with Crippen molar-refractivity contribution in [2.24, 2.45) is 0 Å². The molecule has 0 saturated carbocycles. The van der Waals surface area contributed by atoms with Gasteiger partial charge in [0, 0.05) is 14.3 Å². The summed E-state index contributed by atoms with van der Waals surface area (Å²) in [6, 6.07) is 12.9. The summed E-state index contributed by atoms with van der Waals surface area (Å²) < 4.78 is 6.88. The van der Waals surface area contributed by atoms with Crippen LogP contribution in [-0.4, -0.2) is 12.0 Å². The Balaban J connectivity index is 2.06. The van der Waals surface area contributed by atoms with Crippen molar-refractivity contribution in [3.63, 3.8) is 0 Å². The monoisotopic (exact) mass is 429 g/mol. The largest absolute Gasteiger partial charge is 0.481 e. The van der Waals surface area contributed by atoms with E-state index in [9.17, 15) is 4.79 Å². The molecule has 3 nitrogen and oxygen atoms in total. The van der Waals surface area contributed by atoms with Crippen LogP contribution in [0.4, 0.5) is 5.69 Å². The summed E-state index contributed by atoms with van der Waals surface area (Å²) in [5.41, 5.74) is 1.84. The first kappa shape index (κ1) is 17.1. The van der Waals surface area contributed by atoms with Gasteiger partial charge in [-0.2, -0.15) is 0 Å². The van der Waals surface area contributed by atoms with E-state index in [2.05, 4.69) is 27.9 Å². The summed E-state index contributed by atoms with van der Waals surface area (Å²) in [4.78, 5) is 12.4. The molecule has 5 heteroatoms. The van der Waals surface area contributed by atoms with E-state index in [0.717, 1.165) is 14.8 Å². The molecular formula is C17H17ClINO2. The third-order valence-corrected chi connectivity index (χ3v) is 4.12. The fourth-order valence-electron chi connectivity index (χ4n) is 1.98. The van der Waals surface area contributed by atoms with Crippen molar-refractivity contribution in [2.75, 3.05) is 5.32 Å². The molecule has 0 aliphatic heterocycles. The highest BCUT2D eigenvalue weighted by Gasteiger charge is 2.19. The summed E-state index contributed by atoms with van der Waals surface area (Å²) in [6.07, 6.45) is 0.0394. The van der Waals surface area contributed by atoms with Crippen LogP contribution in [-0.2, 0) is 4.79 Å². The van der Waals surface area contributed by atoms with Gasteiger partial charge in [0.05, 0.1) is 0 Å². The maximum Gasteiger partial charge on any atom is 0.265 e. The lowest BCUT2D eigenvalue weighted by Gasteiger charge is -2.18. The predicted octanol–water partition coefficient (Wildman–Crippen LogP) is 5.05. The number of halogens is 2. The Hall–Kier alpha value is -1.27. The van der Waals surface area contributed by atoms with Gasteiger partial charge < -0.3 is 10.1 Å². The molecule has 1 N–H and O–H groups in total. The number of anilines is 1. The van der Waals surface area contributed by atoms with Crippen LogP contribution in [0.5, 0.6) is 5.75 Å². The van der Waals surface area contributed by atoms with Crippen LogP contribution in [0, 0.1) is 10.5 Å². The van der Waals surface area contributed by atoms with Crippen molar-refractivity contribution in [3.8, 4) is 5.75 Å². The highest BCUT2D eigenvalue weighted by Crippen LogP contribution is 2.20. The predicted molar refractivity (Wildman–Crippen MR) is 98.7 cm³/mol. The van der Waals surface area contributed by atoms with Crippen LogP contribution in [0.1, 0.15) is 18.9 Å². The average Bonchev–Trinajstić information content (AvgIpc) is 2.49. The van der Waals surface area contributed by atoms with Crippen LogP contribution in [0.2, 0.25) is 5.02 Å². The number of hydrogen-bond acceptors (Lipinski definition) is 2. The molecule has 0 saturated heterocycles. The second-order valence-electron chi connectivity index (χ2n) is 4.92. The van der Waals surface area contributed by atoms with Gasteiger partial charge >= 0.3 is 0 Å². The van der Waals surface area contributed by atoms with E-state index >= 15 is 0 Å². The lowest BCUT2D eigenvalue weighted by atomic mass is 10.2. The number of carbonyl (C=O) groups is 1. The van der Waals surface area contributed by atoms with Crippen molar-refractivity contribution in [1.82, 2.24) is 0 Å². The molecule has 1 amide bonds.